The highest BCUT2D eigenvalue weighted by molar-refractivity contribution is 5.83. The van der Waals surface area contributed by atoms with Gasteiger partial charge in [0.2, 0.25) is 5.91 Å². The number of likely N-dealkylation sites (tertiary alicyclic amines) is 1. The molecule has 0 bridgehead atoms. The first-order chi connectivity index (χ1) is 12.5. The van der Waals surface area contributed by atoms with Crippen molar-refractivity contribution >= 4 is 23.7 Å². The molecule has 9 nitrogen and oxygen atoms in total. The smallest absolute Gasteiger partial charge is 0.410 e. The van der Waals surface area contributed by atoms with E-state index in [1.165, 1.54) is 11.8 Å². The Hall–Kier alpha value is -2.84. The molecule has 1 N–H and O–H groups in total. The van der Waals surface area contributed by atoms with E-state index in [4.69, 9.17) is 4.74 Å². The van der Waals surface area contributed by atoms with Gasteiger partial charge < -0.3 is 24.5 Å². The van der Waals surface area contributed by atoms with E-state index in [9.17, 15) is 19.5 Å². The van der Waals surface area contributed by atoms with Gasteiger partial charge in [-0.2, -0.15) is 0 Å². The van der Waals surface area contributed by atoms with Gasteiger partial charge in [0.05, 0.1) is 18.4 Å². The predicted octanol–water partition coefficient (Wildman–Crippen LogP) is 0.414. The van der Waals surface area contributed by atoms with Gasteiger partial charge in [0.15, 0.2) is 0 Å². The quantitative estimate of drug-likeness (QED) is 0.831. The van der Waals surface area contributed by atoms with Crippen molar-refractivity contribution in [2.75, 3.05) is 37.6 Å². The maximum absolute atomic E-state index is 12.4. The van der Waals surface area contributed by atoms with Gasteiger partial charge in [-0.05, 0) is 12.1 Å². The lowest BCUT2D eigenvalue weighted by Crippen LogP contribution is -2.49. The van der Waals surface area contributed by atoms with Crippen LogP contribution >= 0.6 is 0 Å². The molecule has 140 valence electrons. The minimum atomic E-state index is -1.08. The molecule has 2 atom stereocenters. The number of carboxylic acids is 1. The number of carbonyl (C=O) groups excluding carboxylic acids is 2. The number of anilines is 1. The van der Waals surface area contributed by atoms with Gasteiger partial charge >= 0.3 is 12.1 Å². The second kappa shape index (κ2) is 7.59. The minimum absolute atomic E-state index is 0.119. The van der Waals surface area contributed by atoms with Gasteiger partial charge in [-0.1, -0.05) is 0 Å². The highest BCUT2D eigenvalue weighted by Crippen LogP contribution is 2.22. The van der Waals surface area contributed by atoms with Crippen LogP contribution in [0, 0.1) is 0 Å². The summed E-state index contributed by atoms with van der Waals surface area (Å²) in [5.41, 5.74) is 1.01. The number of aromatic nitrogens is 1. The lowest BCUT2D eigenvalue weighted by Gasteiger charge is -2.35. The van der Waals surface area contributed by atoms with E-state index >= 15 is 0 Å². The van der Waals surface area contributed by atoms with E-state index in [1.54, 1.807) is 17.3 Å². The molecule has 1 aromatic heterocycles. The molecule has 26 heavy (non-hydrogen) atoms. The fourth-order valence-corrected chi connectivity index (χ4v) is 3.37. The zero-order valence-electron chi connectivity index (χ0n) is 14.6. The van der Waals surface area contributed by atoms with Crippen LogP contribution in [0.5, 0.6) is 0 Å². The Balaban J connectivity index is 1.52. The van der Waals surface area contributed by atoms with Crippen molar-refractivity contribution < 1.29 is 24.2 Å². The molecule has 1 unspecified atom stereocenters. The summed E-state index contributed by atoms with van der Waals surface area (Å²) in [6.45, 7) is 3.80. The van der Waals surface area contributed by atoms with Crippen LogP contribution in [0.15, 0.2) is 24.5 Å². The van der Waals surface area contributed by atoms with Gasteiger partial charge in [0.25, 0.3) is 0 Å². The number of aliphatic carboxylic acids is 1. The third kappa shape index (κ3) is 3.87. The van der Waals surface area contributed by atoms with Crippen LogP contribution in [-0.2, 0) is 14.3 Å². The number of amides is 2. The fraction of sp³-hybridized carbons (Fsp3) is 0.529. The number of hydrogen-bond donors (Lipinski definition) is 1. The van der Waals surface area contributed by atoms with Crippen molar-refractivity contribution in [2.45, 2.75) is 25.5 Å². The molecule has 3 heterocycles. The molecule has 1 aromatic rings. The number of rotatable bonds is 3. The molecule has 2 aliphatic rings. The van der Waals surface area contributed by atoms with Crippen molar-refractivity contribution in [3.63, 3.8) is 0 Å². The summed E-state index contributed by atoms with van der Waals surface area (Å²) >= 11 is 0. The molecule has 9 heteroatoms. The summed E-state index contributed by atoms with van der Waals surface area (Å²) in [5.74, 6) is -1.41. The van der Waals surface area contributed by atoms with Crippen LogP contribution in [0.4, 0.5) is 10.5 Å². The summed E-state index contributed by atoms with van der Waals surface area (Å²) in [7, 11) is 0. The monoisotopic (exact) mass is 362 g/mol. The van der Waals surface area contributed by atoms with Gasteiger partial charge in [0, 0.05) is 45.7 Å². The minimum Gasteiger partial charge on any atom is -0.480 e. The largest absolute Gasteiger partial charge is 0.480 e. The van der Waals surface area contributed by atoms with Crippen molar-refractivity contribution in [3.8, 4) is 0 Å². The number of carboxylic acid groups (broad SMARTS) is 1. The zero-order valence-corrected chi connectivity index (χ0v) is 14.6. The molecule has 0 radical (unpaired) electrons. The first-order valence-electron chi connectivity index (χ1n) is 8.56. The van der Waals surface area contributed by atoms with Crippen LogP contribution in [-0.4, -0.2) is 82.7 Å². The first-order valence-corrected chi connectivity index (χ1v) is 8.56. The summed E-state index contributed by atoms with van der Waals surface area (Å²) in [6.07, 6.45) is 2.57. The van der Waals surface area contributed by atoms with Gasteiger partial charge in [-0.3, -0.25) is 9.78 Å². The Labute approximate surface area is 151 Å². The molecule has 0 saturated carbocycles. The van der Waals surface area contributed by atoms with Crippen molar-refractivity contribution in [1.82, 2.24) is 14.8 Å². The number of pyridine rings is 1. The second-order valence-corrected chi connectivity index (χ2v) is 6.45. The Kier molecular flexibility index (Phi) is 5.24. The van der Waals surface area contributed by atoms with Crippen molar-refractivity contribution in [3.05, 3.63) is 24.5 Å². The standard InChI is InChI=1S/C17H22N4O5/c1-12(22)21-11-14(9-15(21)16(23)24)26-17(25)20-7-5-19(6-8-20)13-3-2-4-18-10-13/h2-4,10,14-15H,5-9,11H2,1H3,(H,23,24)/t14?,15-/m0/s1. The fourth-order valence-electron chi connectivity index (χ4n) is 3.37. The zero-order chi connectivity index (χ0) is 18.7. The third-order valence-corrected chi connectivity index (χ3v) is 4.77. The average molecular weight is 362 g/mol. The summed E-state index contributed by atoms with van der Waals surface area (Å²) in [6, 6.07) is 2.91. The van der Waals surface area contributed by atoms with E-state index in [0.717, 1.165) is 5.69 Å². The molecule has 2 saturated heterocycles. The Morgan fingerprint density at radius 3 is 2.50 bits per heavy atom. The van der Waals surface area contributed by atoms with Gasteiger partial charge in [-0.15, -0.1) is 0 Å². The molecule has 3 rings (SSSR count). The SMILES string of the molecule is CC(=O)N1CC(OC(=O)N2CCN(c3cccnc3)CC2)C[C@H]1C(=O)O. The van der Waals surface area contributed by atoms with Gasteiger partial charge in [-0.25, -0.2) is 9.59 Å². The lowest BCUT2D eigenvalue weighted by atomic mass is 10.2. The van der Waals surface area contributed by atoms with E-state index in [0.29, 0.717) is 26.2 Å². The van der Waals surface area contributed by atoms with E-state index in [1.807, 2.05) is 12.1 Å². The molecule has 0 aliphatic carbocycles. The Bertz CT molecular complexity index is 653. The molecule has 0 spiro atoms. The highest BCUT2D eigenvalue weighted by Gasteiger charge is 2.40. The molecule has 2 amide bonds. The summed E-state index contributed by atoms with van der Waals surface area (Å²) < 4.78 is 5.45. The highest BCUT2D eigenvalue weighted by atomic mass is 16.6. The van der Waals surface area contributed by atoms with Crippen LogP contribution < -0.4 is 4.90 Å². The maximum atomic E-state index is 12.4. The first kappa shape index (κ1) is 18.0. The third-order valence-electron chi connectivity index (χ3n) is 4.77. The second-order valence-electron chi connectivity index (χ2n) is 6.45. The van der Waals surface area contributed by atoms with Crippen molar-refractivity contribution in [1.29, 1.82) is 0 Å². The number of piperazine rings is 1. The predicted molar refractivity (Wildman–Crippen MR) is 91.7 cm³/mol. The van der Waals surface area contributed by atoms with Crippen LogP contribution in [0.3, 0.4) is 0 Å². The average Bonchev–Trinajstić information content (AvgIpc) is 3.07. The molecule has 2 aliphatic heterocycles. The van der Waals surface area contributed by atoms with E-state index in [2.05, 4.69) is 9.88 Å². The lowest BCUT2D eigenvalue weighted by molar-refractivity contribution is -0.147. The summed E-state index contributed by atoms with van der Waals surface area (Å²) in [4.78, 5) is 44.3. The number of carbonyl (C=O) groups is 3. The van der Waals surface area contributed by atoms with E-state index in [-0.39, 0.29) is 18.9 Å². The molecule has 0 aromatic carbocycles. The summed E-state index contributed by atoms with van der Waals surface area (Å²) in [5, 5.41) is 9.22. The Morgan fingerprint density at radius 2 is 1.96 bits per heavy atom. The molecular weight excluding hydrogens is 340 g/mol. The van der Waals surface area contributed by atoms with Crippen LogP contribution in [0.2, 0.25) is 0 Å². The van der Waals surface area contributed by atoms with E-state index < -0.39 is 24.2 Å². The number of ether oxygens (including phenoxy) is 1. The van der Waals surface area contributed by atoms with Crippen LogP contribution in [0.1, 0.15) is 13.3 Å². The van der Waals surface area contributed by atoms with Gasteiger partial charge in [0.1, 0.15) is 12.1 Å². The normalized spacial score (nSPS) is 23.0. The number of hydrogen-bond acceptors (Lipinski definition) is 6. The maximum Gasteiger partial charge on any atom is 0.410 e. The topological polar surface area (TPSA) is 103 Å². The number of nitrogens with zero attached hydrogens (tertiary/aromatic N) is 4. The van der Waals surface area contributed by atoms with Crippen LogP contribution in [0.25, 0.3) is 0 Å². The Morgan fingerprint density at radius 1 is 1.23 bits per heavy atom. The molecular formula is C17H22N4O5. The molecule has 2 fully saturated rings. The van der Waals surface area contributed by atoms with Crippen molar-refractivity contribution in [2.24, 2.45) is 0 Å².